The highest BCUT2D eigenvalue weighted by Gasteiger charge is 2.41. The van der Waals surface area contributed by atoms with Gasteiger partial charge in [-0.1, -0.05) is 0 Å². The average molecular weight is 494 g/mol. The molecule has 2 aliphatic heterocycles. The van der Waals surface area contributed by atoms with Crippen LogP contribution in [0.3, 0.4) is 0 Å². The third-order valence-electron chi connectivity index (χ3n) is 6.35. The molecule has 3 aromatic heterocycles. The van der Waals surface area contributed by atoms with Crippen LogP contribution >= 0.6 is 0 Å². The van der Waals surface area contributed by atoms with Gasteiger partial charge >= 0.3 is 0 Å². The van der Waals surface area contributed by atoms with Crippen LogP contribution in [0.25, 0.3) is 16.9 Å². The maximum absolute atomic E-state index is 14.4. The molecule has 5 heterocycles. The molecule has 0 aliphatic carbocycles. The van der Waals surface area contributed by atoms with Crippen LogP contribution in [0.4, 0.5) is 14.5 Å². The Morgan fingerprint density at radius 1 is 1.17 bits per heavy atom. The number of ether oxygens (including phenoxy) is 2. The minimum atomic E-state index is -1.18. The van der Waals surface area contributed by atoms with E-state index >= 15 is 0 Å². The number of nitrogens with zero attached hydrogens (tertiary/aromatic N) is 6. The van der Waals surface area contributed by atoms with E-state index in [0.29, 0.717) is 28.3 Å². The molecule has 6 rings (SSSR count). The Balaban J connectivity index is 1.39. The van der Waals surface area contributed by atoms with Crippen LogP contribution in [-0.2, 0) is 21.7 Å². The third-order valence-corrected chi connectivity index (χ3v) is 6.35. The molecule has 0 spiro atoms. The average Bonchev–Trinajstić information content (AvgIpc) is 3.15. The van der Waals surface area contributed by atoms with Crippen LogP contribution in [0.5, 0.6) is 5.75 Å². The number of aliphatic hydroxyl groups is 1. The molecule has 1 atom stereocenters. The van der Waals surface area contributed by atoms with Gasteiger partial charge in [0.25, 0.3) is 5.91 Å². The zero-order chi connectivity index (χ0) is 25.2. The van der Waals surface area contributed by atoms with Gasteiger partial charge in [-0.25, -0.2) is 23.7 Å². The van der Waals surface area contributed by atoms with Crippen molar-refractivity contribution >= 4 is 17.2 Å². The SMILES string of the molecule is Cc1nc2cnc(-c3cnc(C4(O)COC4)nc3)cn2c1CN1C(=O)[C@H](C)Oc2c(F)cc(F)cc21. The number of aromatic nitrogens is 5. The largest absolute Gasteiger partial charge is 0.476 e. The molecule has 1 aromatic carbocycles. The predicted octanol–water partition coefficient (Wildman–Crippen LogP) is 2.30. The molecule has 1 fully saturated rings. The van der Waals surface area contributed by atoms with Crippen molar-refractivity contribution in [2.24, 2.45) is 0 Å². The molecular weight excluding hydrogens is 474 g/mol. The maximum Gasteiger partial charge on any atom is 0.268 e. The molecule has 1 amide bonds. The summed E-state index contributed by atoms with van der Waals surface area (Å²) in [6, 6.07) is 1.80. The second-order valence-corrected chi connectivity index (χ2v) is 8.88. The summed E-state index contributed by atoms with van der Waals surface area (Å²) in [5, 5.41) is 10.4. The summed E-state index contributed by atoms with van der Waals surface area (Å²) in [4.78, 5) is 31.8. The first-order valence-corrected chi connectivity index (χ1v) is 11.2. The van der Waals surface area contributed by atoms with E-state index < -0.39 is 29.2 Å². The number of carbonyl (C=O) groups excluding carboxylic acids is 1. The summed E-state index contributed by atoms with van der Waals surface area (Å²) >= 11 is 0. The molecule has 0 unspecified atom stereocenters. The maximum atomic E-state index is 14.4. The summed E-state index contributed by atoms with van der Waals surface area (Å²) in [5.41, 5.74) is 1.76. The molecule has 2 aliphatic rings. The molecule has 0 bridgehead atoms. The Morgan fingerprint density at radius 3 is 2.61 bits per heavy atom. The monoisotopic (exact) mass is 494 g/mol. The molecule has 0 saturated carbocycles. The molecule has 10 nitrogen and oxygen atoms in total. The lowest BCUT2D eigenvalue weighted by Gasteiger charge is -2.34. The standard InChI is InChI=1S/C24H20F2N6O4/c1-12-19(9-32-18-4-15(25)3-16(26)21(18)36-13(2)22(32)33)31-8-17(27-7-20(31)30-12)14-5-28-23(29-6-14)24(34)10-35-11-24/h3-8,13,34H,9-11H2,1-2H3/t13-/m0/s1. The van der Waals surface area contributed by atoms with E-state index in [1.807, 2.05) is 0 Å². The summed E-state index contributed by atoms with van der Waals surface area (Å²) in [6.45, 7) is 3.58. The molecule has 12 heteroatoms. The number of amides is 1. The van der Waals surface area contributed by atoms with Crippen molar-refractivity contribution in [2.45, 2.75) is 32.1 Å². The number of hydrogen-bond acceptors (Lipinski definition) is 8. The van der Waals surface area contributed by atoms with Crippen LogP contribution in [0.2, 0.25) is 0 Å². The predicted molar refractivity (Wildman–Crippen MR) is 121 cm³/mol. The molecule has 1 saturated heterocycles. The number of aryl methyl sites for hydroxylation is 1. The number of benzene rings is 1. The summed E-state index contributed by atoms with van der Waals surface area (Å²) in [6.07, 6.45) is 5.48. The van der Waals surface area contributed by atoms with Gasteiger partial charge in [-0.05, 0) is 13.8 Å². The summed E-state index contributed by atoms with van der Waals surface area (Å²) in [7, 11) is 0. The fraction of sp³-hybridized carbons (Fsp3) is 0.292. The Labute approximate surface area is 203 Å². The Hall–Kier alpha value is -4.03. The topological polar surface area (TPSA) is 115 Å². The lowest BCUT2D eigenvalue weighted by molar-refractivity contribution is -0.189. The number of carbonyl (C=O) groups is 1. The third kappa shape index (κ3) is 3.48. The summed E-state index contributed by atoms with van der Waals surface area (Å²) < 4.78 is 40.7. The highest BCUT2D eigenvalue weighted by Crippen LogP contribution is 2.38. The second-order valence-electron chi connectivity index (χ2n) is 8.88. The minimum Gasteiger partial charge on any atom is -0.476 e. The number of imidazole rings is 1. The van der Waals surface area contributed by atoms with Gasteiger partial charge in [-0.3, -0.25) is 19.1 Å². The zero-order valence-corrected chi connectivity index (χ0v) is 19.3. The Morgan fingerprint density at radius 2 is 1.92 bits per heavy atom. The first-order chi connectivity index (χ1) is 17.2. The van der Waals surface area contributed by atoms with Crippen LogP contribution in [-0.4, -0.2) is 54.7 Å². The van der Waals surface area contributed by atoms with E-state index in [9.17, 15) is 18.7 Å². The van der Waals surface area contributed by atoms with Gasteiger partial charge in [0.05, 0.1) is 48.7 Å². The van der Waals surface area contributed by atoms with Crippen molar-refractivity contribution in [2.75, 3.05) is 18.1 Å². The number of rotatable bonds is 4. The second kappa shape index (κ2) is 8.00. The van der Waals surface area contributed by atoms with Crippen molar-refractivity contribution in [3.8, 4) is 17.0 Å². The van der Waals surface area contributed by atoms with Crippen molar-refractivity contribution < 1.29 is 28.2 Å². The molecular formula is C24H20F2N6O4. The summed E-state index contributed by atoms with van der Waals surface area (Å²) in [5.74, 6) is -2.02. The Kier molecular flexibility index (Phi) is 4.99. The number of anilines is 1. The lowest BCUT2D eigenvalue weighted by atomic mass is 10.0. The van der Waals surface area contributed by atoms with Crippen LogP contribution in [0, 0.1) is 18.6 Å². The van der Waals surface area contributed by atoms with Crippen molar-refractivity contribution in [3.63, 3.8) is 0 Å². The number of fused-ring (bicyclic) bond motifs is 2. The quantitative estimate of drug-likeness (QED) is 0.460. The highest BCUT2D eigenvalue weighted by atomic mass is 19.1. The number of halogens is 2. The number of hydrogen-bond donors (Lipinski definition) is 1. The van der Waals surface area contributed by atoms with E-state index in [0.717, 1.165) is 12.1 Å². The molecule has 4 aromatic rings. The van der Waals surface area contributed by atoms with Crippen LogP contribution < -0.4 is 9.64 Å². The van der Waals surface area contributed by atoms with Crippen LogP contribution in [0.15, 0.2) is 36.9 Å². The molecule has 184 valence electrons. The minimum absolute atomic E-state index is 0.00134. The molecule has 0 radical (unpaired) electrons. The fourth-order valence-corrected chi connectivity index (χ4v) is 4.33. The van der Waals surface area contributed by atoms with Crippen LogP contribution in [0.1, 0.15) is 24.1 Å². The zero-order valence-electron chi connectivity index (χ0n) is 19.3. The first-order valence-electron chi connectivity index (χ1n) is 11.2. The lowest BCUT2D eigenvalue weighted by Crippen LogP contribution is -2.47. The van der Waals surface area contributed by atoms with Crippen molar-refractivity contribution in [1.82, 2.24) is 24.3 Å². The van der Waals surface area contributed by atoms with Gasteiger partial charge in [-0.2, -0.15) is 0 Å². The molecule has 36 heavy (non-hydrogen) atoms. The van der Waals surface area contributed by atoms with Gasteiger partial charge in [0.1, 0.15) is 5.82 Å². The first kappa shape index (κ1) is 22.4. The fourth-order valence-electron chi connectivity index (χ4n) is 4.33. The normalized spacial score (nSPS) is 18.6. The van der Waals surface area contributed by atoms with E-state index in [4.69, 9.17) is 9.47 Å². The van der Waals surface area contributed by atoms with Crippen molar-refractivity contribution in [1.29, 1.82) is 0 Å². The smallest absolute Gasteiger partial charge is 0.268 e. The van der Waals surface area contributed by atoms with Crippen molar-refractivity contribution in [3.05, 3.63) is 65.8 Å². The van der Waals surface area contributed by atoms with Gasteiger partial charge in [0.2, 0.25) is 0 Å². The van der Waals surface area contributed by atoms with E-state index in [2.05, 4.69) is 19.9 Å². The Bertz CT molecular complexity index is 1520. The van der Waals surface area contributed by atoms with Gasteiger partial charge < -0.3 is 14.6 Å². The van der Waals surface area contributed by atoms with Gasteiger partial charge in [-0.15, -0.1) is 0 Å². The highest BCUT2D eigenvalue weighted by molar-refractivity contribution is 5.99. The van der Waals surface area contributed by atoms with Gasteiger partial charge in [0, 0.05) is 36.3 Å². The van der Waals surface area contributed by atoms with Gasteiger partial charge in [0.15, 0.2) is 34.7 Å². The van der Waals surface area contributed by atoms with E-state index in [1.165, 1.54) is 11.8 Å². The molecule has 1 N–H and O–H groups in total. The van der Waals surface area contributed by atoms with E-state index in [-0.39, 0.29) is 37.0 Å². The van der Waals surface area contributed by atoms with E-state index in [1.54, 1.807) is 36.1 Å².